The molecule has 0 aliphatic carbocycles. The molecule has 0 N–H and O–H groups in total. The molecule has 6 rings (SSSR count). The minimum Gasteiger partial charge on any atom is -0.489 e. The molecule has 0 heterocycles. The summed E-state index contributed by atoms with van der Waals surface area (Å²) in [6, 6.07) is 9.48. The van der Waals surface area contributed by atoms with E-state index in [1.54, 1.807) is 0 Å². The maximum absolute atomic E-state index is 14.9. The first kappa shape index (κ1) is 29.0. The van der Waals surface area contributed by atoms with Gasteiger partial charge >= 0.3 is 7.32 Å². The first-order valence-electron chi connectivity index (χ1n) is 12.3. The van der Waals surface area contributed by atoms with Crippen LogP contribution in [0.1, 0.15) is 0 Å². The Kier molecular flexibility index (Phi) is 7.14. The van der Waals surface area contributed by atoms with Crippen molar-refractivity contribution < 1.29 is 57.9 Å². The van der Waals surface area contributed by atoms with Crippen LogP contribution in [0.25, 0.3) is 32.3 Å². The molecule has 0 atom stereocenters. The smallest absolute Gasteiger partial charge is 0.489 e. The van der Waals surface area contributed by atoms with Crippen LogP contribution in [0.2, 0.25) is 0 Å². The molecular weight excluding hydrogens is 609 g/mol. The minimum atomic E-state index is -2.22. The van der Waals surface area contributed by atoms with Gasteiger partial charge < -0.3 is 14.0 Å². The second-order valence-corrected chi connectivity index (χ2v) is 9.24. The summed E-state index contributed by atoms with van der Waals surface area (Å²) in [6.45, 7) is 0. The first-order chi connectivity index (χ1) is 21.0. The van der Waals surface area contributed by atoms with E-state index in [4.69, 9.17) is 14.0 Å². The van der Waals surface area contributed by atoms with Crippen LogP contribution in [0.3, 0.4) is 0 Å². The second kappa shape index (κ2) is 10.9. The molecule has 0 amide bonds. The summed E-state index contributed by atoms with van der Waals surface area (Å²) in [5.74, 6) is -17.8. The molecule has 14 heteroatoms. The van der Waals surface area contributed by atoms with Crippen LogP contribution in [0, 0.1) is 58.2 Å². The molecule has 0 saturated heterocycles. The van der Waals surface area contributed by atoms with Gasteiger partial charge in [0.05, 0.1) is 16.2 Å². The fourth-order valence-electron chi connectivity index (χ4n) is 4.67. The van der Waals surface area contributed by atoms with Gasteiger partial charge in [0.1, 0.15) is 28.9 Å². The van der Waals surface area contributed by atoms with E-state index in [2.05, 4.69) is 0 Å². The lowest BCUT2D eigenvalue weighted by atomic mass is 10.0. The van der Waals surface area contributed by atoms with Gasteiger partial charge in [-0.3, -0.25) is 0 Å². The zero-order valence-corrected chi connectivity index (χ0v) is 21.4. The molecule has 44 heavy (non-hydrogen) atoms. The maximum atomic E-state index is 14.9. The Labute approximate surface area is 240 Å². The average molecular weight is 620 g/mol. The van der Waals surface area contributed by atoms with Crippen LogP contribution >= 0.6 is 0 Å². The number of halogens is 10. The molecule has 0 fully saturated rings. The Morgan fingerprint density at radius 1 is 0.341 bits per heavy atom. The van der Waals surface area contributed by atoms with Crippen molar-refractivity contribution in [2.45, 2.75) is 0 Å². The summed E-state index contributed by atoms with van der Waals surface area (Å²) in [7, 11) is -2.22. The van der Waals surface area contributed by atoms with E-state index >= 15 is 0 Å². The third-order valence-electron chi connectivity index (χ3n) is 6.69. The summed E-state index contributed by atoms with van der Waals surface area (Å²) < 4.78 is 160. The summed E-state index contributed by atoms with van der Waals surface area (Å²) in [4.78, 5) is 0. The fourth-order valence-corrected chi connectivity index (χ4v) is 4.67. The SMILES string of the molecule is Fc1ccc2c(OB(Oc3ccc(F)c4c(F)c(F)ccc34)Oc3cccc4c(F)c(F)c(F)c(F)c34)ccc(F)c2c1F. The predicted octanol–water partition coefficient (Wildman–Crippen LogP) is 9.06. The third-order valence-corrected chi connectivity index (χ3v) is 6.69. The van der Waals surface area contributed by atoms with Crippen molar-refractivity contribution in [2.24, 2.45) is 0 Å². The molecule has 0 aliphatic rings. The van der Waals surface area contributed by atoms with E-state index < -0.39 is 104 Å². The van der Waals surface area contributed by atoms with E-state index in [0.29, 0.717) is 24.3 Å². The normalized spacial score (nSPS) is 11.4. The molecule has 0 aromatic heterocycles. The van der Waals surface area contributed by atoms with Gasteiger partial charge in [-0.2, -0.15) is 0 Å². The van der Waals surface area contributed by atoms with Crippen LogP contribution in [-0.4, -0.2) is 7.32 Å². The van der Waals surface area contributed by atoms with Gasteiger partial charge in [-0.1, -0.05) is 12.1 Å². The number of rotatable bonds is 6. The highest BCUT2D eigenvalue weighted by atomic mass is 19.2. The third kappa shape index (κ3) is 4.66. The van der Waals surface area contributed by atoms with Gasteiger partial charge in [-0.05, 0) is 54.6 Å². The van der Waals surface area contributed by atoms with Crippen molar-refractivity contribution >= 4 is 39.6 Å². The Hall–Kier alpha value is -5.14. The zero-order valence-electron chi connectivity index (χ0n) is 21.4. The molecule has 0 bridgehead atoms. The molecule has 0 radical (unpaired) electrons. The number of fused-ring (bicyclic) bond motifs is 3. The Balaban J connectivity index is 1.52. The molecule has 6 aromatic rings. The lowest BCUT2D eigenvalue weighted by molar-refractivity contribution is 0.311. The highest BCUT2D eigenvalue weighted by Crippen LogP contribution is 2.37. The molecule has 0 unspecified atom stereocenters. The molecule has 0 saturated carbocycles. The van der Waals surface area contributed by atoms with Gasteiger partial charge in [-0.25, -0.2) is 43.9 Å². The van der Waals surface area contributed by atoms with Crippen molar-refractivity contribution in [3.63, 3.8) is 0 Å². The van der Waals surface area contributed by atoms with E-state index in [1.807, 2.05) is 0 Å². The van der Waals surface area contributed by atoms with Crippen molar-refractivity contribution in [1.82, 2.24) is 0 Å². The summed E-state index contributed by atoms with van der Waals surface area (Å²) in [5, 5.41) is -4.07. The minimum absolute atomic E-state index is 0.360. The fraction of sp³-hybridized carbons (Fsp3) is 0. The molecule has 0 aliphatic heterocycles. The average Bonchev–Trinajstić information content (AvgIpc) is 3.00. The number of benzene rings is 6. The summed E-state index contributed by atoms with van der Waals surface area (Å²) in [5.41, 5.74) is 0. The lowest BCUT2D eigenvalue weighted by Gasteiger charge is -2.20. The van der Waals surface area contributed by atoms with Gasteiger partial charge in [-0.15, -0.1) is 0 Å². The Bertz CT molecular complexity index is 2040. The second-order valence-electron chi connectivity index (χ2n) is 9.24. The van der Waals surface area contributed by atoms with Gasteiger partial charge in [0, 0.05) is 16.2 Å². The molecule has 3 nitrogen and oxygen atoms in total. The Morgan fingerprint density at radius 3 is 1.32 bits per heavy atom. The van der Waals surface area contributed by atoms with E-state index in [-0.39, 0.29) is 10.8 Å². The van der Waals surface area contributed by atoms with E-state index in [0.717, 1.165) is 42.5 Å². The van der Waals surface area contributed by atoms with Crippen molar-refractivity contribution in [3.05, 3.63) is 125 Å². The Morgan fingerprint density at radius 2 is 0.795 bits per heavy atom. The predicted molar refractivity (Wildman–Crippen MR) is 139 cm³/mol. The maximum Gasteiger partial charge on any atom is 0.864 e. The number of hydrogen-bond acceptors (Lipinski definition) is 3. The van der Waals surface area contributed by atoms with Crippen molar-refractivity contribution in [2.75, 3.05) is 0 Å². The highest BCUT2D eigenvalue weighted by molar-refractivity contribution is 6.40. The van der Waals surface area contributed by atoms with Crippen molar-refractivity contribution in [3.8, 4) is 17.2 Å². The molecular formula is C30H11BF10O3. The van der Waals surface area contributed by atoms with Gasteiger partial charge in [0.25, 0.3) is 0 Å². The van der Waals surface area contributed by atoms with Crippen molar-refractivity contribution in [1.29, 1.82) is 0 Å². The van der Waals surface area contributed by atoms with Crippen LogP contribution in [0.5, 0.6) is 17.2 Å². The van der Waals surface area contributed by atoms with E-state index in [1.165, 1.54) is 0 Å². The molecule has 6 aromatic carbocycles. The lowest BCUT2D eigenvalue weighted by Crippen LogP contribution is -2.37. The molecule has 222 valence electrons. The largest absolute Gasteiger partial charge is 0.864 e. The van der Waals surface area contributed by atoms with Crippen LogP contribution < -0.4 is 14.0 Å². The molecule has 0 spiro atoms. The summed E-state index contributed by atoms with van der Waals surface area (Å²) >= 11 is 0. The van der Waals surface area contributed by atoms with Gasteiger partial charge in [0.2, 0.25) is 0 Å². The van der Waals surface area contributed by atoms with Gasteiger partial charge in [0.15, 0.2) is 46.5 Å². The quantitative estimate of drug-likeness (QED) is 0.0806. The highest BCUT2D eigenvalue weighted by Gasteiger charge is 2.35. The van der Waals surface area contributed by atoms with Crippen LogP contribution in [0.15, 0.2) is 66.7 Å². The van der Waals surface area contributed by atoms with Crippen LogP contribution in [0.4, 0.5) is 43.9 Å². The standard InChI is InChI=1S/C30H11BF10O3/c32-15-8-10-19(12-4-6-17(34)26(37)22(12)15)42-31(43-20-11-9-16(33)23-13(20)5-7-18(35)27(23)38)44-21-3-1-2-14-24(21)28(39)30(41)29(40)25(14)36/h1-11H. The zero-order chi connectivity index (χ0) is 31.4. The summed E-state index contributed by atoms with van der Waals surface area (Å²) in [6.07, 6.45) is 0. The first-order valence-corrected chi connectivity index (χ1v) is 12.3. The van der Waals surface area contributed by atoms with Crippen LogP contribution in [-0.2, 0) is 0 Å². The monoisotopic (exact) mass is 620 g/mol. The van der Waals surface area contributed by atoms with E-state index in [9.17, 15) is 43.9 Å². The number of hydrogen-bond donors (Lipinski definition) is 0. The topological polar surface area (TPSA) is 27.7 Å².